The molecule has 0 fully saturated rings. The van der Waals surface area contributed by atoms with E-state index in [1.54, 1.807) is 18.2 Å². The third-order valence-electron chi connectivity index (χ3n) is 2.81. The van der Waals surface area contributed by atoms with Gasteiger partial charge in [-0.1, -0.05) is 25.1 Å². The Bertz CT molecular complexity index is 557. The second-order valence-corrected chi connectivity index (χ2v) is 6.40. The van der Waals surface area contributed by atoms with Crippen molar-refractivity contribution in [1.82, 2.24) is 0 Å². The lowest BCUT2D eigenvalue weighted by Gasteiger charge is -2.07. The quantitative estimate of drug-likeness (QED) is 0.301. The van der Waals surface area contributed by atoms with E-state index in [2.05, 4.69) is 0 Å². The minimum Gasteiger partial charge on any atom is -0.463 e. The second kappa shape index (κ2) is 12.0. The molecule has 0 aromatic heterocycles. The minimum atomic E-state index is -3.74. The van der Waals surface area contributed by atoms with Gasteiger partial charge in [0.2, 0.25) is 0 Å². The van der Waals surface area contributed by atoms with Gasteiger partial charge >= 0.3 is 5.97 Å². The molecule has 1 aromatic rings. The fraction of sp³-hybridized carbons (Fsp3) is 0.562. The lowest BCUT2D eigenvalue weighted by Crippen LogP contribution is -2.15. The molecule has 0 aliphatic rings. The van der Waals surface area contributed by atoms with Crippen molar-refractivity contribution in [2.45, 2.75) is 24.7 Å². The number of carbonyl (C=O) groups is 1. The Morgan fingerprint density at radius 1 is 0.917 bits per heavy atom. The summed E-state index contributed by atoms with van der Waals surface area (Å²) in [7, 11) is -3.74. The van der Waals surface area contributed by atoms with Crippen LogP contribution in [-0.2, 0) is 33.3 Å². The molecule has 0 atom stereocenters. The number of rotatable bonds is 13. The maximum Gasteiger partial charge on any atom is 0.305 e. The van der Waals surface area contributed by atoms with Crippen molar-refractivity contribution in [3.05, 3.63) is 30.3 Å². The van der Waals surface area contributed by atoms with Gasteiger partial charge in [-0.15, -0.1) is 0 Å². The Morgan fingerprint density at radius 2 is 1.50 bits per heavy atom. The molecule has 136 valence electrons. The SMILES string of the molecule is CCCC(=O)OCCOCCOCCOS(=O)(=O)c1ccccc1. The highest BCUT2D eigenvalue weighted by Gasteiger charge is 2.13. The summed E-state index contributed by atoms with van der Waals surface area (Å²) in [6.07, 6.45) is 1.17. The predicted molar refractivity (Wildman–Crippen MR) is 87.1 cm³/mol. The van der Waals surface area contributed by atoms with Gasteiger partial charge in [0, 0.05) is 6.42 Å². The molecule has 0 saturated heterocycles. The van der Waals surface area contributed by atoms with Crippen LogP contribution < -0.4 is 0 Å². The van der Waals surface area contributed by atoms with E-state index in [0.717, 1.165) is 6.42 Å². The molecule has 0 N–H and O–H groups in total. The molecule has 1 aromatic carbocycles. The van der Waals surface area contributed by atoms with Crippen LogP contribution in [-0.4, -0.2) is 54.0 Å². The van der Waals surface area contributed by atoms with Crippen molar-refractivity contribution >= 4 is 16.1 Å². The Hall–Kier alpha value is -1.48. The standard InChI is InChI=1S/C16H24O7S/c1-2-6-16(17)22-13-11-20-9-10-21-12-14-23-24(18,19)15-7-4-3-5-8-15/h3-5,7-8H,2,6,9-14H2,1H3. The molecule has 0 aliphatic heterocycles. The monoisotopic (exact) mass is 360 g/mol. The molecule has 0 spiro atoms. The average molecular weight is 360 g/mol. The molecule has 0 unspecified atom stereocenters. The smallest absolute Gasteiger partial charge is 0.305 e. The van der Waals surface area contributed by atoms with Crippen molar-refractivity contribution in [3.8, 4) is 0 Å². The number of carbonyl (C=O) groups excluding carboxylic acids is 1. The van der Waals surface area contributed by atoms with Crippen LogP contribution in [0.25, 0.3) is 0 Å². The molecule has 7 nitrogen and oxygen atoms in total. The summed E-state index contributed by atoms with van der Waals surface area (Å²) in [5, 5.41) is 0. The first-order valence-corrected chi connectivity index (χ1v) is 9.22. The van der Waals surface area contributed by atoms with Crippen LogP contribution in [0.5, 0.6) is 0 Å². The summed E-state index contributed by atoms with van der Waals surface area (Å²) in [6, 6.07) is 7.93. The van der Waals surface area contributed by atoms with E-state index < -0.39 is 10.1 Å². The van der Waals surface area contributed by atoms with Gasteiger partial charge in [0.05, 0.1) is 37.9 Å². The second-order valence-electron chi connectivity index (χ2n) is 4.78. The van der Waals surface area contributed by atoms with E-state index >= 15 is 0 Å². The van der Waals surface area contributed by atoms with Crippen molar-refractivity contribution in [2.24, 2.45) is 0 Å². The first-order chi connectivity index (χ1) is 11.6. The number of hydrogen-bond acceptors (Lipinski definition) is 7. The summed E-state index contributed by atoms with van der Waals surface area (Å²) in [5.41, 5.74) is 0. The molecule has 8 heteroatoms. The van der Waals surface area contributed by atoms with Crippen molar-refractivity contribution in [3.63, 3.8) is 0 Å². The van der Waals surface area contributed by atoms with Gasteiger partial charge in [0.25, 0.3) is 10.1 Å². The molecule has 0 aliphatic carbocycles. The van der Waals surface area contributed by atoms with E-state index in [0.29, 0.717) is 26.2 Å². The molecule has 1 rings (SSSR count). The van der Waals surface area contributed by atoms with E-state index in [9.17, 15) is 13.2 Å². The topological polar surface area (TPSA) is 88.1 Å². The van der Waals surface area contributed by atoms with Crippen LogP contribution in [0.3, 0.4) is 0 Å². The van der Waals surface area contributed by atoms with Crippen LogP contribution in [0, 0.1) is 0 Å². The Morgan fingerprint density at radius 3 is 2.12 bits per heavy atom. The van der Waals surface area contributed by atoms with E-state index in [-0.39, 0.29) is 30.7 Å². The summed E-state index contributed by atoms with van der Waals surface area (Å²) in [4.78, 5) is 11.2. The van der Waals surface area contributed by atoms with Crippen LogP contribution in [0.1, 0.15) is 19.8 Å². The molecule has 0 amide bonds. The molecule has 0 saturated carbocycles. The highest BCUT2D eigenvalue weighted by atomic mass is 32.2. The predicted octanol–water partition coefficient (Wildman–Crippen LogP) is 1.77. The largest absolute Gasteiger partial charge is 0.463 e. The van der Waals surface area contributed by atoms with Gasteiger partial charge in [-0.2, -0.15) is 8.42 Å². The molecule has 0 heterocycles. The summed E-state index contributed by atoms with van der Waals surface area (Å²) in [5.74, 6) is -0.228. The minimum absolute atomic E-state index is 0.0636. The lowest BCUT2D eigenvalue weighted by molar-refractivity contribution is -0.145. The maximum absolute atomic E-state index is 11.8. The van der Waals surface area contributed by atoms with Gasteiger partial charge < -0.3 is 14.2 Å². The van der Waals surface area contributed by atoms with Crippen molar-refractivity contribution < 1.29 is 31.6 Å². The van der Waals surface area contributed by atoms with Crippen molar-refractivity contribution in [2.75, 3.05) is 39.6 Å². The number of esters is 1. The van der Waals surface area contributed by atoms with Gasteiger partial charge in [-0.3, -0.25) is 8.98 Å². The molecule has 0 radical (unpaired) electrons. The van der Waals surface area contributed by atoms with Crippen molar-refractivity contribution in [1.29, 1.82) is 0 Å². The van der Waals surface area contributed by atoms with Gasteiger partial charge in [-0.05, 0) is 18.6 Å². The maximum atomic E-state index is 11.8. The highest BCUT2D eigenvalue weighted by Crippen LogP contribution is 2.10. The van der Waals surface area contributed by atoms with Crippen LogP contribution in [0.4, 0.5) is 0 Å². The molecule has 24 heavy (non-hydrogen) atoms. The number of benzene rings is 1. The van der Waals surface area contributed by atoms with Gasteiger partial charge in [0.1, 0.15) is 6.61 Å². The highest BCUT2D eigenvalue weighted by molar-refractivity contribution is 7.86. The molecule has 0 bridgehead atoms. The zero-order chi connectivity index (χ0) is 17.7. The Kier molecular flexibility index (Phi) is 10.3. The number of ether oxygens (including phenoxy) is 3. The third-order valence-corrected chi connectivity index (χ3v) is 4.14. The average Bonchev–Trinajstić information content (AvgIpc) is 2.57. The summed E-state index contributed by atoms with van der Waals surface area (Å²) in [6.45, 7) is 3.14. The van der Waals surface area contributed by atoms with E-state index in [1.807, 2.05) is 6.92 Å². The Balaban J connectivity index is 1.98. The van der Waals surface area contributed by atoms with E-state index in [4.69, 9.17) is 18.4 Å². The Labute approximate surface area is 143 Å². The van der Waals surface area contributed by atoms with E-state index in [1.165, 1.54) is 12.1 Å². The summed E-state index contributed by atoms with van der Waals surface area (Å²) >= 11 is 0. The normalized spacial score (nSPS) is 11.4. The lowest BCUT2D eigenvalue weighted by atomic mass is 10.3. The molecular weight excluding hydrogens is 336 g/mol. The first-order valence-electron chi connectivity index (χ1n) is 7.82. The fourth-order valence-electron chi connectivity index (χ4n) is 1.67. The zero-order valence-electron chi connectivity index (χ0n) is 13.8. The van der Waals surface area contributed by atoms with Crippen LogP contribution in [0.15, 0.2) is 35.2 Å². The van der Waals surface area contributed by atoms with Gasteiger partial charge in [-0.25, -0.2) is 0 Å². The van der Waals surface area contributed by atoms with Crippen LogP contribution >= 0.6 is 0 Å². The zero-order valence-corrected chi connectivity index (χ0v) is 14.6. The third kappa shape index (κ3) is 8.97. The fourth-order valence-corrected chi connectivity index (χ4v) is 2.58. The first kappa shape index (κ1) is 20.6. The summed E-state index contributed by atoms with van der Waals surface area (Å²) < 4.78 is 43.8. The van der Waals surface area contributed by atoms with Crippen LogP contribution in [0.2, 0.25) is 0 Å². The van der Waals surface area contributed by atoms with Gasteiger partial charge in [0.15, 0.2) is 0 Å². The molecular formula is C16H24O7S. The number of hydrogen-bond donors (Lipinski definition) is 0.